The van der Waals surface area contributed by atoms with Gasteiger partial charge in [0.15, 0.2) is 0 Å². The number of aromatic carboxylic acids is 1. The van der Waals surface area contributed by atoms with E-state index in [2.05, 4.69) is 26.1 Å². The summed E-state index contributed by atoms with van der Waals surface area (Å²) in [6.07, 6.45) is 0. The Morgan fingerprint density at radius 3 is 2.62 bits per heavy atom. The maximum atomic E-state index is 11.3. The average molecular weight is 387 g/mol. The number of aryl methyl sites for hydroxylation is 1. The maximum absolute atomic E-state index is 11.3. The van der Waals surface area contributed by atoms with Crippen LogP contribution in [0.25, 0.3) is 11.1 Å². The molecule has 1 heterocycles. The molecule has 0 aliphatic carbocycles. The van der Waals surface area contributed by atoms with Crippen LogP contribution in [0.4, 0.5) is 0 Å². The summed E-state index contributed by atoms with van der Waals surface area (Å²) in [6.45, 7) is 1.75. The lowest BCUT2D eigenvalue weighted by Gasteiger charge is -2.09. The number of benzene rings is 2. The Balaban J connectivity index is 1.78. The van der Waals surface area contributed by atoms with Crippen LogP contribution in [0.3, 0.4) is 0 Å². The van der Waals surface area contributed by atoms with Gasteiger partial charge in [-0.2, -0.15) is 5.10 Å². The Hall–Kier alpha value is -2.60. The van der Waals surface area contributed by atoms with Crippen molar-refractivity contribution < 1.29 is 14.6 Å². The zero-order valence-electron chi connectivity index (χ0n) is 12.9. The molecule has 0 radical (unpaired) electrons. The Morgan fingerprint density at radius 1 is 1.21 bits per heavy atom. The van der Waals surface area contributed by atoms with Crippen molar-refractivity contribution >= 4 is 21.9 Å². The summed E-state index contributed by atoms with van der Waals surface area (Å²) in [4.78, 5) is 11.3. The van der Waals surface area contributed by atoms with Gasteiger partial charge in [-0.1, -0.05) is 36.4 Å². The second-order valence-corrected chi connectivity index (χ2v) is 6.13. The lowest BCUT2D eigenvalue weighted by molar-refractivity contribution is 0.0693. The molecule has 2 N–H and O–H groups in total. The zero-order chi connectivity index (χ0) is 17.1. The highest BCUT2D eigenvalue weighted by atomic mass is 79.9. The van der Waals surface area contributed by atoms with Crippen molar-refractivity contribution in [1.29, 1.82) is 0 Å². The molecular weight excluding hydrogens is 372 g/mol. The largest absolute Gasteiger partial charge is 0.486 e. The van der Waals surface area contributed by atoms with Crippen LogP contribution in [0.1, 0.15) is 21.7 Å². The Bertz CT molecular complexity index is 875. The molecule has 5 nitrogen and oxygen atoms in total. The minimum absolute atomic E-state index is 0.0786. The van der Waals surface area contributed by atoms with Gasteiger partial charge in [-0.25, -0.2) is 4.79 Å². The molecule has 2 aromatic carbocycles. The van der Waals surface area contributed by atoms with E-state index in [4.69, 9.17) is 4.74 Å². The third kappa shape index (κ3) is 3.33. The first-order valence-electron chi connectivity index (χ1n) is 7.31. The monoisotopic (exact) mass is 386 g/mol. The number of ether oxygens (including phenoxy) is 1. The van der Waals surface area contributed by atoms with Crippen LogP contribution < -0.4 is 4.74 Å². The predicted octanol–water partition coefficient (Wildman–Crippen LogP) is 4.42. The number of H-pyrrole nitrogens is 1. The molecule has 0 saturated heterocycles. The number of aromatic amines is 1. The lowest BCUT2D eigenvalue weighted by atomic mass is 10.1. The minimum atomic E-state index is -1.02. The second kappa shape index (κ2) is 6.88. The number of carbonyl (C=O) groups is 1. The fraction of sp³-hybridized carbons (Fsp3) is 0.111. The molecule has 122 valence electrons. The van der Waals surface area contributed by atoms with E-state index in [0.29, 0.717) is 17.1 Å². The molecule has 0 spiro atoms. The number of hydrogen-bond donors (Lipinski definition) is 2. The van der Waals surface area contributed by atoms with E-state index in [1.54, 1.807) is 6.92 Å². The summed E-state index contributed by atoms with van der Waals surface area (Å²) in [7, 11) is 0. The molecule has 1 aromatic heterocycles. The van der Waals surface area contributed by atoms with Crippen LogP contribution in [-0.4, -0.2) is 21.3 Å². The summed E-state index contributed by atoms with van der Waals surface area (Å²) in [5.74, 6) is -0.384. The summed E-state index contributed by atoms with van der Waals surface area (Å²) < 4.78 is 6.52. The number of carboxylic acids is 1. The van der Waals surface area contributed by atoms with E-state index < -0.39 is 5.97 Å². The van der Waals surface area contributed by atoms with Crippen molar-refractivity contribution in [3.05, 3.63) is 70.0 Å². The van der Waals surface area contributed by atoms with E-state index in [1.165, 1.54) is 0 Å². The third-order valence-corrected chi connectivity index (χ3v) is 4.26. The Labute approximate surface area is 147 Å². The predicted molar refractivity (Wildman–Crippen MR) is 94.2 cm³/mol. The van der Waals surface area contributed by atoms with E-state index in [-0.39, 0.29) is 12.2 Å². The van der Waals surface area contributed by atoms with Crippen LogP contribution in [0, 0.1) is 6.92 Å². The highest BCUT2D eigenvalue weighted by Gasteiger charge is 2.17. The third-order valence-electron chi connectivity index (χ3n) is 3.64. The summed E-state index contributed by atoms with van der Waals surface area (Å²) in [6, 6.07) is 15.8. The molecular formula is C18H15BrN2O3. The van der Waals surface area contributed by atoms with Gasteiger partial charge in [0, 0.05) is 5.69 Å². The SMILES string of the molecule is Cc1[nH]nc(COc2ccc(-c3ccccc3)cc2Br)c1C(=O)O. The van der Waals surface area contributed by atoms with Gasteiger partial charge >= 0.3 is 5.97 Å². The molecule has 24 heavy (non-hydrogen) atoms. The van der Waals surface area contributed by atoms with Crippen LogP contribution in [0.2, 0.25) is 0 Å². The summed E-state index contributed by atoms with van der Waals surface area (Å²) in [5.41, 5.74) is 3.23. The number of aromatic nitrogens is 2. The van der Waals surface area contributed by atoms with Gasteiger partial charge in [0.05, 0.1) is 4.47 Å². The number of carboxylic acid groups (broad SMARTS) is 1. The number of halogens is 1. The van der Waals surface area contributed by atoms with Crippen molar-refractivity contribution in [3.8, 4) is 16.9 Å². The summed E-state index contributed by atoms with van der Waals surface area (Å²) in [5, 5.41) is 15.9. The zero-order valence-corrected chi connectivity index (χ0v) is 14.5. The molecule has 0 aliphatic heterocycles. The molecule has 3 aromatic rings. The molecule has 6 heteroatoms. The fourth-order valence-electron chi connectivity index (χ4n) is 2.44. The van der Waals surface area contributed by atoms with Crippen molar-refractivity contribution in [2.24, 2.45) is 0 Å². The van der Waals surface area contributed by atoms with Crippen molar-refractivity contribution in [3.63, 3.8) is 0 Å². The van der Waals surface area contributed by atoms with Crippen LogP contribution in [0.15, 0.2) is 53.0 Å². The Morgan fingerprint density at radius 2 is 1.96 bits per heavy atom. The normalized spacial score (nSPS) is 10.6. The molecule has 3 rings (SSSR count). The van der Waals surface area contributed by atoms with E-state index >= 15 is 0 Å². The Kier molecular flexibility index (Phi) is 4.66. The van der Waals surface area contributed by atoms with E-state index in [9.17, 15) is 9.90 Å². The van der Waals surface area contributed by atoms with Gasteiger partial charge in [-0.15, -0.1) is 0 Å². The number of rotatable bonds is 5. The number of nitrogens with one attached hydrogen (secondary N) is 1. The van der Waals surface area contributed by atoms with Crippen LogP contribution in [-0.2, 0) is 6.61 Å². The van der Waals surface area contributed by atoms with Crippen LogP contribution >= 0.6 is 15.9 Å². The first-order chi connectivity index (χ1) is 11.6. The van der Waals surface area contributed by atoms with Crippen LogP contribution in [0.5, 0.6) is 5.75 Å². The average Bonchev–Trinajstić information content (AvgIpc) is 2.95. The molecule has 0 unspecified atom stereocenters. The van der Waals surface area contributed by atoms with Gasteiger partial charge < -0.3 is 9.84 Å². The van der Waals surface area contributed by atoms with E-state index in [0.717, 1.165) is 15.6 Å². The van der Waals surface area contributed by atoms with Gasteiger partial charge in [-0.3, -0.25) is 5.10 Å². The molecule has 0 aliphatic rings. The fourth-order valence-corrected chi connectivity index (χ4v) is 2.94. The lowest BCUT2D eigenvalue weighted by Crippen LogP contribution is -2.05. The molecule has 0 bridgehead atoms. The molecule has 0 saturated carbocycles. The molecule has 0 atom stereocenters. The standard InChI is InChI=1S/C18H15BrN2O3/c1-11-17(18(22)23)15(21-20-11)10-24-16-8-7-13(9-14(16)19)12-5-3-2-4-6-12/h2-9H,10H2,1H3,(H,20,21)(H,22,23). The smallest absolute Gasteiger partial charge is 0.339 e. The van der Waals surface area contributed by atoms with Gasteiger partial charge in [0.25, 0.3) is 0 Å². The van der Waals surface area contributed by atoms with E-state index in [1.807, 2.05) is 48.5 Å². The molecule has 0 fully saturated rings. The summed E-state index contributed by atoms with van der Waals surface area (Å²) >= 11 is 3.50. The first-order valence-corrected chi connectivity index (χ1v) is 8.10. The topological polar surface area (TPSA) is 75.2 Å². The number of nitrogens with zero attached hydrogens (tertiary/aromatic N) is 1. The maximum Gasteiger partial charge on any atom is 0.339 e. The van der Waals surface area contributed by atoms with Crippen molar-refractivity contribution in [2.75, 3.05) is 0 Å². The van der Waals surface area contributed by atoms with Crippen molar-refractivity contribution in [1.82, 2.24) is 10.2 Å². The van der Waals surface area contributed by atoms with Crippen molar-refractivity contribution in [2.45, 2.75) is 13.5 Å². The van der Waals surface area contributed by atoms with Gasteiger partial charge in [0.2, 0.25) is 0 Å². The first kappa shape index (κ1) is 16.3. The quantitative estimate of drug-likeness (QED) is 0.680. The minimum Gasteiger partial charge on any atom is -0.486 e. The number of hydrogen-bond acceptors (Lipinski definition) is 3. The highest BCUT2D eigenvalue weighted by molar-refractivity contribution is 9.10. The highest BCUT2D eigenvalue weighted by Crippen LogP contribution is 2.31. The van der Waals surface area contributed by atoms with Gasteiger partial charge in [-0.05, 0) is 46.1 Å². The molecule has 0 amide bonds. The van der Waals surface area contributed by atoms with Gasteiger partial charge in [0.1, 0.15) is 23.6 Å². The second-order valence-electron chi connectivity index (χ2n) is 5.28.